The van der Waals surface area contributed by atoms with Crippen molar-refractivity contribution in [2.75, 3.05) is 13.7 Å². The van der Waals surface area contributed by atoms with Crippen molar-refractivity contribution in [2.45, 2.75) is 65.3 Å². The first-order chi connectivity index (χ1) is 15.0. The minimum absolute atomic E-state index is 0.163. The van der Waals surface area contributed by atoms with Gasteiger partial charge in [0.05, 0.1) is 30.6 Å². The third-order valence-corrected chi connectivity index (χ3v) is 5.66. The van der Waals surface area contributed by atoms with E-state index in [0.717, 1.165) is 71.7 Å². The van der Waals surface area contributed by atoms with Gasteiger partial charge in [0.15, 0.2) is 0 Å². The van der Waals surface area contributed by atoms with Gasteiger partial charge in [-0.05, 0) is 38.4 Å². The smallest absolute Gasteiger partial charge is 0.132 e. The van der Waals surface area contributed by atoms with Crippen molar-refractivity contribution in [3.05, 3.63) is 42.0 Å². The number of nitrogens with zero attached hydrogens (tertiary/aromatic N) is 2. The van der Waals surface area contributed by atoms with Gasteiger partial charge in [-0.3, -0.25) is 9.78 Å². The fraction of sp³-hybridized carbons (Fsp3) is 0.480. The number of pyridine rings is 1. The Morgan fingerprint density at radius 3 is 2.77 bits per heavy atom. The molecule has 6 heteroatoms. The molecular formula is C25H34N4O2. The summed E-state index contributed by atoms with van der Waals surface area (Å²) in [5.41, 5.74) is 3.82. The second-order valence-corrected chi connectivity index (χ2v) is 7.98. The van der Waals surface area contributed by atoms with Crippen LogP contribution in [-0.4, -0.2) is 34.4 Å². The molecule has 2 aromatic heterocycles. The zero-order valence-electron chi connectivity index (χ0n) is 19.1. The molecule has 1 aromatic carbocycles. The van der Waals surface area contributed by atoms with Gasteiger partial charge >= 0.3 is 0 Å². The molecule has 2 heterocycles. The van der Waals surface area contributed by atoms with Crippen LogP contribution in [0.1, 0.15) is 69.9 Å². The highest BCUT2D eigenvalue weighted by Crippen LogP contribution is 2.33. The van der Waals surface area contributed by atoms with E-state index in [0.29, 0.717) is 18.6 Å². The molecular weight excluding hydrogens is 388 g/mol. The van der Waals surface area contributed by atoms with Crippen molar-refractivity contribution in [1.82, 2.24) is 20.3 Å². The van der Waals surface area contributed by atoms with Crippen LogP contribution in [0.15, 0.2) is 30.5 Å². The lowest BCUT2D eigenvalue weighted by molar-refractivity contribution is -0.118. The molecule has 0 aliphatic carbocycles. The monoisotopic (exact) mass is 422 g/mol. The van der Waals surface area contributed by atoms with Gasteiger partial charge in [-0.15, -0.1) is 0 Å². The van der Waals surface area contributed by atoms with E-state index in [4.69, 9.17) is 4.74 Å². The first-order valence-electron chi connectivity index (χ1n) is 11.3. The third kappa shape index (κ3) is 5.91. The SMILES string of the molecule is CCN[C@@H](CCCCCC(=O)CC)c1ncc(-c2cc3ccc(C)nc3cc2OC)[nH]1. The van der Waals surface area contributed by atoms with Crippen molar-refractivity contribution in [1.29, 1.82) is 0 Å². The Kier molecular flexibility index (Phi) is 8.18. The van der Waals surface area contributed by atoms with Gasteiger partial charge in [0.25, 0.3) is 0 Å². The molecule has 0 spiro atoms. The van der Waals surface area contributed by atoms with Crippen LogP contribution in [0.25, 0.3) is 22.2 Å². The second-order valence-electron chi connectivity index (χ2n) is 7.98. The summed E-state index contributed by atoms with van der Waals surface area (Å²) in [7, 11) is 1.68. The second kappa shape index (κ2) is 11.0. The van der Waals surface area contributed by atoms with Crippen molar-refractivity contribution >= 4 is 16.7 Å². The summed E-state index contributed by atoms with van der Waals surface area (Å²) in [6.45, 7) is 6.90. The fourth-order valence-electron chi connectivity index (χ4n) is 3.89. The number of hydrogen-bond donors (Lipinski definition) is 2. The van der Waals surface area contributed by atoms with Crippen LogP contribution < -0.4 is 10.1 Å². The molecule has 31 heavy (non-hydrogen) atoms. The van der Waals surface area contributed by atoms with Crippen molar-refractivity contribution in [2.24, 2.45) is 0 Å². The molecule has 0 amide bonds. The molecule has 1 atom stereocenters. The standard InChI is InChI=1S/C25H34N4O2/c1-5-19(30)10-8-7-9-11-21(26-6-2)25-27-16-23(29-25)20-14-18-13-12-17(3)28-22(18)15-24(20)31-4/h12-16,21,26H,5-11H2,1-4H3,(H,27,29)/t21-/m0/s1. The summed E-state index contributed by atoms with van der Waals surface area (Å²) in [4.78, 5) is 24.3. The normalized spacial score (nSPS) is 12.3. The summed E-state index contributed by atoms with van der Waals surface area (Å²) in [6, 6.07) is 8.36. The van der Waals surface area contributed by atoms with Gasteiger partial charge < -0.3 is 15.0 Å². The van der Waals surface area contributed by atoms with Gasteiger partial charge in [-0.25, -0.2) is 4.98 Å². The predicted molar refractivity (Wildman–Crippen MR) is 125 cm³/mol. The number of Topliss-reactive ketones (excluding diaryl/α,β-unsaturated/α-hetero) is 1. The van der Waals surface area contributed by atoms with E-state index in [-0.39, 0.29) is 6.04 Å². The maximum atomic E-state index is 11.5. The highest BCUT2D eigenvalue weighted by Gasteiger charge is 2.17. The lowest BCUT2D eigenvalue weighted by Gasteiger charge is -2.15. The molecule has 0 radical (unpaired) electrons. The quantitative estimate of drug-likeness (QED) is 0.376. The van der Waals surface area contributed by atoms with Gasteiger partial charge in [-0.2, -0.15) is 0 Å². The number of carbonyl (C=O) groups is 1. The molecule has 2 N–H and O–H groups in total. The van der Waals surface area contributed by atoms with Gasteiger partial charge in [0.2, 0.25) is 0 Å². The molecule has 0 unspecified atom stereocenters. The maximum absolute atomic E-state index is 11.5. The van der Waals surface area contributed by atoms with Crippen LogP contribution >= 0.6 is 0 Å². The summed E-state index contributed by atoms with van der Waals surface area (Å²) in [5, 5.41) is 4.61. The largest absolute Gasteiger partial charge is 0.496 e. The number of methoxy groups -OCH3 is 1. The summed E-state index contributed by atoms with van der Waals surface area (Å²) >= 11 is 0. The van der Waals surface area contributed by atoms with Gasteiger partial charge in [0.1, 0.15) is 17.4 Å². The molecule has 0 aliphatic heterocycles. The zero-order chi connectivity index (χ0) is 22.2. The summed E-state index contributed by atoms with van der Waals surface area (Å²) in [6.07, 6.45) is 7.30. The molecule has 0 fully saturated rings. The Morgan fingerprint density at radius 2 is 2.03 bits per heavy atom. The van der Waals surface area contributed by atoms with E-state index in [1.54, 1.807) is 7.11 Å². The van der Waals surface area contributed by atoms with E-state index >= 15 is 0 Å². The number of benzene rings is 1. The van der Waals surface area contributed by atoms with E-state index in [1.807, 2.05) is 32.2 Å². The van der Waals surface area contributed by atoms with Crippen LogP contribution in [-0.2, 0) is 4.79 Å². The van der Waals surface area contributed by atoms with Crippen LogP contribution in [0.3, 0.4) is 0 Å². The van der Waals surface area contributed by atoms with Gasteiger partial charge in [-0.1, -0.05) is 32.8 Å². The number of aryl methyl sites for hydroxylation is 1. The molecule has 0 aliphatic rings. The first-order valence-corrected chi connectivity index (χ1v) is 11.3. The van der Waals surface area contributed by atoms with Crippen LogP contribution in [0, 0.1) is 6.92 Å². The Morgan fingerprint density at radius 1 is 1.19 bits per heavy atom. The number of imidazole rings is 1. The lowest BCUT2D eigenvalue weighted by Crippen LogP contribution is -2.22. The highest BCUT2D eigenvalue weighted by molar-refractivity contribution is 5.87. The summed E-state index contributed by atoms with van der Waals surface area (Å²) < 4.78 is 5.65. The summed E-state index contributed by atoms with van der Waals surface area (Å²) in [5.74, 6) is 2.07. The number of ether oxygens (including phenoxy) is 1. The molecule has 3 aromatic rings. The molecule has 0 bridgehead atoms. The topological polar surface area (TPSA) is 79.9 Å². The minimum Gasteiger partial charge on any atom is -0.496 e. The number of nitrogens with one attached hydrogen (secondary N) is 2. The Labute approximate surface area is 184 Å². The average Bonchev–Trinajstić information content (AvgIpc) is 3.26. The van der Waals surface area contributed by atoms with Gasteiger partial charge in [0, 0.05) is 35.6 Å². The van der Waals surface area contributed by atoms with E-state index < -0.39 is 0 Å². The average molecular weight is 423 g/mol. The van der Waals surface area contributed by atoms with Crippen molar-refractivity contribution in [3.8, 4) is 17.0 Å². The number of hydrogen-bond acceptors (Lipinski definition) is 5. The lowest BCUT2D eigenvalue weighted by atomic mass is 10.0. The zero-order valence-corrected chi connectivity index (χ0v) is 19.1. The Hall–Kier alpha value is -2.73. The van der Waals surface area contributed by atoms with Crippen LogP contribution in [0.2, 0.25) is 0 Å². The number of aromatic amines is 1. The number of carbonyl (C=O) groups excluding carboxylic acids is 1. The number of unbranched alkanes of at least 4 members (excludes halogenated alkanes) is 2. The van der Waals surface area contributed by atoms with Crippen LogP contribution in [0.5, 0.6) is 5.75 Å². The van der Waals surface area contributed by atoms with Crippen molar-refractivity contribution < 1.29 is 9.53 Å². The molecule has 0 saturated heterocycles. The Bertz CT molecular complexity index is 1010. The number of H-pyrrole nitrogens is 1. The molecule has 3 rings (SSSR count). The van der Waals surface area contributed by atoms with Crippen LogP contribution in [0.4, 0.5) is 0 Å². The maximum Gasteiger partial charge on any atom is 0.132 e. The van der Waals surface area contributed by atoms with E-state index in [9.17, 15) is 4.79 Å². The number of ketones is 1. The number of aromatic nitrogens is 3. The fourth-order valence-corrected chi connectivity index (χ4v) is 3.89. The molecule has 166 valence electrons. The van der Waals surface area contributed by atoms with Crippen molar-refractivity contribution in [3.63, 3.8) is 0 Å². The molecule has 6 nitrogen and oxygen atoms in total. The number of fused-ring (bicyclic) bond motifs is 1. The van der Waals surface area contributed by atoms with E-state index in [2.05, 4.69) is 39.3 Å². The number of rotatable bonds is 12. The highest BCUT2D eigenvalue weighted by atomic mass is 16.5. The Balaban J connectivity index is 1.75. The first kappa shape index (κ1) is 22.9. The molecule has 0 saturated carbocycles. The van der Waals surface area contributed by atoms with E-state index in [1.165, 1.54) is 0 Å². The predicted octanol–water partition coefficient (Wildman–Crippen LogP) is 5.52. The minimum atomic E-state index is 0.163. The third-order valence-electron chi connectivity index (χ3n) is 5.66.